The van der Waals surface area contributed by atoms with Crippen molar-refractivity contribution in [1.29, 1.82) is 0 Å². The second-order valence-electron chi connectivity index (χ2n) is 6.68. The van der Waals surface area contributed by atoms with Gasteiger partial charge in [-0.15, -0.1) is 12.4 Å². The average Bonchev–Trinajstić information content (AvgIpc) is 3.09. The van der Waals surface area contributed by atoms with Crippen molar-refractivity contribution >= 4 is 18.3 Å². The molecule has 2 saturated heterocycles. The van der Waals surface area contributed by atoms with Crippen molar-refractivity contribution in [1.82, 2.24) is 10.2 Å². The zero-order valence-corrected chi connectivity index (χ0v) is 15.1. The number of ether oxygens (including phenoxy) is 1. The van der Waals surface area contributed by atoms with E-state index < -0.39 is 0 Å². The van der Waals surface area contributed by atoms with Crippen LogP contribution < -0.4 is 5.32 Å². The summed E-state index contributed by atoms with van der Waals surface area (Å²) in [7, 11) is 0. The third-order valence-electron chi connectivity index (χ3n) is 4.97. The average molecular weight is 353 g/mol. The normalized spacial score (nSPS) is 21.5. The highest BCUT2D eigenvalue weighted by molar-refractivity contribution is 5.85. The van der Waals surface area contributed by atoms with E-state index in [0.29, 0.717) is 24.5 Å². The van der Waals surface area contributed by atoms with Crippen LogP contribution in [0, 0.1) is 0 Å². The van der Waals surface area contributed by atoms with Gasteiger partial charge in [-0.05, 0) is 44.2 Å². The summed E-state index contributed by atoms with van der Waals surface area (Å²) in [5.74, 6) is 0.312. The number of rotatable bonds is 6. The minimum atomic E-state index is 0. The molecule has 0 bridgehead atoms. The van der Waals surface area contributed by atoms with E-state index in [0.717, 1.165) is 51.9 Å². The van der Waals surface area contributed by atoms with Crippen LogP contribution in [-0.4, -0.2) is 49.2 Å². The van der Waals surface area contributed by atoms with Gasteiger partial charge < -0.3 is 15.0 Å². The number of carbonyl (C=O) groups excluding carboxylic acids is 1. The summed E-state index contributed by atoms with van der Waals surface area (Å²) in [6.45, 7) is 3.53. The van der Waals surface area contributed by atoms with Crippen molar-refractivity contribution in [2.24, 2.45) is 0 Å². The lowest BCUT2D eigenvalue weighted by Gasteiger charge is -2.32. The molecule has 134 valence electrons. The molecule has 3 rings (SSSR count). The van der Waals surface area contributed by atoms with Gasteiger partial charge in [-0.2, -0.15) is 0 Å². The van der Waals surface area contributed by atoms with E-state index in [1.165, 1.54) is 12.0 Å². The van der Waals surface area contributed by atoms with Gasteiger partial charge in [-0.25, -0.2) is 0 Å². The lowest BCUT2D eigenvalue weighted by atomic mass is 10.1. The monoisotopic (exact) mass is 352 g/mol. The summed E-state index contributed by atoms with van der Waals surface area (Å²) in [5.41, 5.74) is 1.32. The molecule has 1 aromatic rings. The van der Waals surface area contributed by atoms with Crippen LogP contribution in [0.3, 0.4) is 0 Å². The molecule has 0 radical (unpaired) electrons. The molecule has 0 aliphatic carbocycles. The van der Waals surface area contributed by atoms with Crippen LogP contribution in [0.5, 0.6) is 0 Å². The Kier molecular flexibility index (Phi) is 8.03. The Bertz CT molecular complexity index is 483. The number of hydrogen-bond acceptors (Lipinski definition) is 3. The molecule has 0 aromatic heterocycles. The topological polar surface area (TPSA) is 41.6 Å². The van der Waals surface area contributed by atoms with Crippen LogP contribution in [0.1, 0.15) is 37.7 Å². The van der Waals surface area contributed by atoms with Gasteiger partial charge in [0, 0.05) is 25.6 Å². The van der Waals surface area contributed by atoms with E-state index in [1.54, 1.807) is 0 Å². The number of nitrogens with one attached hydrogen (secondary N) is 1. The van der Waals surface area contributed by atoms with Crippen molar-refractivity contribution < 1.29 is 9.53 Å². The number of piperidine rings is 1. The first-order valence-corrected chi connectivity index (χ1v) is 8.98. The largest absolute Gasteiger partial charge is 0.378 e. The molecule has 2 aliphatic heterocycles. The van der Waals surface area contributed by atoms with E-state index in [2.05, 4.69) is 29.6 Å². The highest BCUT2D eigenvalue weighted by atomic mass is 35.5. The zero-order valence-electron chi connectivity index (χ0n) is 14.3. The predicted molar refractivity (Wildman–Crippen MR) is 98.6 cm³/mol. The van der Waals surface area contributed by atoms with E-state index in [4.69, 9.17) is 4.74 Å². The lowest BCUT2D eigenvalue weighted by Crippen LogP contribution is -2.43. The van der Waals surface area contributed by atoms with Gasteiger partial charge in [0.2, 0.25) is 5.91 Å². The molecule has 24 heavy (non-hydrogen) atoms. The van der Waals surface area contributed by atoms with Crippen molar-refractivity contribution in [2.75, 3.05) is 26.2 Å². The maximum Gasteiger partial charge on any atom is 0.224 e. The third-order valence-corrected chi connectivity index (χ3v) is 4.97. The van der Waals surface area contributed by atoms with Gasteiger partial charge in [0.25, 0.3) is 0 Å². The van der Waals surface area contributed by atoms with Crippen LogP contribution in [0.25, 0.3) is 0 Å². The summed E-state index contributed by atoms with van der Waals surface area (Å²) in [6, 6.07) is 10.9. The Morgan fingerprint density at radius 3 is 2.58 bits per heavy atom. The second-order valence-corrected chi connectivity index (χ2v) is 6.68. The van der Waals surface area contributed by atoms with E-state index in [1.807, 2.05) is 11.0 Å². The van der Waals surface area contributed by atoms with Crippen molar-refractivity contribution in [2.45, 2.75) is 50.7 Å². The number of hydrogen-bond donors (Lipinski definition) is 1. The fourth-order valence-corrected chi connectivity index (χ4v) is 3.53. The van der Waals surface area contributed by atoms with Crippen LogP contribution in [0.15, 0.2) is 30.3 Å². The highest BCUT2D eigenvalue weighted by Gasteiger charge is 2.26. The smallest absolute Gasteiger partial charge is 0.224 e. The molecule has 0 saturated carbocycles. The summed E-state index contributed by atoms with van der Waals surface area (Å²) in [6.07, 6.45) is 6.23. The molecule has 0 spiro atoms. The number of halogens is 1. The molecule has 2 aliphatic rings. The Morgan fingerprint density at radius 1 is 1.17 bits per heavy atom. The van der Waals surface area contributed by atoms with Gasteiger partial charge in [0.15, 0.2) is 0 Å². The first kappa shape index (κ1) is 19.2. The SMILES string of the molecule is Cl.O=C(CC1CCCN1)N1CCC(OCCc2ccccc2)CC1. The Labute approximate surface area is 151 Å². The maximum absolute atomic E-state index is 12.3. The van der Waals surface area contributed by atoms with E-state index in [9.17, 15) is 4.79 Å². The zero-order chi connectivity index (χ0) is 15.9. The molecule has 1 N–H and O–H groups in total. The Hall–Kier alpha value is -1.10. The predicted octanol–water partition coefficient (Wildman–Crippen LogP) is 2.80. The molecular weight excluding hydrogens is 324 g/mol. The molecule has 2 fully saturated rings. The summed E-state index contributed by atoms with van der Waals surface area (Å²) >= 11 is 0. The molecule has 5 heteroatoms. The van der Waals surface area contributed by atoms with E-state index >= 15 is 0 Å². The second kappa shape index (κ2) is 10.0. The maximum atomic E-state index is 12.3. The van der Waals surface area contributed by atoms with Crippen LogP contribution in [-0.2, 0) is 16.0 Å². The molecule has 4 nitrogen and oxygen atoms in total. The summed E-state index contributed by atoms with van der Waals surface area (Å²) in [4.78, 5) is 14.3. The first-order chi connectivity index (χ1) is 11.3. The molecule has 1 aromatic carbocycles. The quantitative estimate of drug-likeness (QED) is 0.856. The fraction of sp³-hybridized carbons (Fsp3) is 0.632. The number of carbonyl (C=O) groups is 1. The van der Waals surface area contributed by atoms with Gasteiger partial charge in [0.1, 0.15) is 0 Å². The number of nitrogens with zero attached hydrogens (tertiary/aromatic N) is 1. The van der Waals surface area contributed by atoms with Crippen molar-refractivity contribution in [3.63, 3.8) is 0 Å². The number of amides is 1. The fourth-order valence-electron chi connectivity index (χ4n) is 3.53. The van der Waals surface area contributed by atoms with E-state index in [-0.39, 0.29) is 12.4 Å². The van der Waals surface area contributed by atoms with Crippen LogP contribution in [0.2, 0.25) is 0 Å². The van der Waals surface area contributed by atoms with Gasteiger partial charge in [0.05, 0.1) is 12.7 Å². The molecule has 1 atom stereocenters. The van der Waals surface area contributed by atoms with Crippen LogP contribution in [0.4, 0.5) is 0 Å². The summed E-state index contributed by atoms with van der Waals surface area (Å²) < 4.78 is 6.00. The third kappa shape index (κ3) is 5.76. The Balaban J connectivity index is 0.00000208. The number of benzene rings is 1. The molecule has 1 amide bonds. The van der Waals surface area contributed by atoms with Gasteiger partial charge in [-0.1, -0.05) is 30.3 Å². The minimum absolute atomic E-state index is 0. The Morgan fingerprint density at radius 2 is 1.92 bits per heavy atom. The first-order valence-electron chi connectivity index (χ1n) is 8.98. The minimum Gasteiger partial charge on any atom is -0.378 e. The molecular formula is C19H29ClN2O2. The van der Waals surface area contributed by atoms with Gasteiger partial charge in [-0.3, -0.25) is 4.79 Å². The standard InChI is InChI=1S/C19H28N2O2.ClH/c22-19(15-17-7-4-11-20-17)21-12-8-18(9-13-21)23-14-10-16-5-2-1-3-6-16;/h1-3,5-6,17-18,20H,4,7-15H2;1H. The highest BCUT2D eigenvalue weighted by Crippen LogP contribution is 2.17. The molecule has 1 unspecified atom stereocenters. The van der Waals surface area contributed by atoms with Crippen molar-refractivity contribution in [3.05, 3.63) is 35.9 Å². The van der Waals surface area contributed by atoms with Crippen LogP contribution >= 0.6 is 12.4 Å². The molecule has 2 heterocycles. The summed E-state index contributed by atoms with van der Waals surface area (Å²) in [5, 5.41) is 3.41. The van der Waals surface area contributed by atoms with Crippen molar-refractivity contribution in [3.8, 4) is 0 Å². The number of likely N-dealkylation sites (tertiary alicyclic amines) is 1. The van der Waals surface area contributed by atoms with Gasteiger partial charge >= 0.3 is 0 Å². The lowest BCUT2D eigenvalue weighted by molar-refractivity contribution is -0.134.